The van der Waals surface area contributed by atoms with Crippen molar-refractivity contribution in [3.8, 4) is 0 Å². The number of benzene rings is 2. The fourth-order valence-electron chi connectivity index (χ4n) is 2.14. The first-order valence-electron chi connectivity index (χ1n) is 6.79. The highest BCUT2D eigenvalue weighted by Gasteiger charge is 2.16. The molecule has 0 aliphatic rings. The largest absolute Gasteiger partial charge is 0.478 e. The number of aromatic carboxylic acids is 1. The van der Waals surface area contributed by atoms with Crippen molar-refractivity contribution in [1.29, 1.82) is 0 Å². The number of nitrogens with one attached hydrogen (secondary N) is 1. The second-order valence-electron chi connectivity index (χ2n) is 4.98. The van der Waals surface area contributed by atoms with E-state index in [9.17, 15) is 20.0 Å². The van der Waals surface area contributed by atoms with Crippen LogP contribution >= 0.6 is 0 Å². The molecule has 2 aromatic carbocycles. The van der Waals surface area contributed by atoms with E-state index in [0.717, 1.165) is 11.6 Å². The smallest absolute Gasteiger partial charge is 0.338 e. The summed E-state index contributed by atoms with van der Waals surface area (Å²) in [7, 11) is 0. The van der Waals surface area contributed by atoms with Crippen molar-refractivity contribution in [3.63, 3.8) is 0 Å². The summed E-state index contributed by atoms with van der Waals surface area (Å²) in [6.45, 7) is 2.55. The molecule has 1 atom stereocenters. The normalized spacial score (nSPS) is 11.7. The van der Waals surface area contributed by atoms with Gasteiger partial charge in [-0.15, -0.1) is 0 Å². The fourth-order valence-corrected chi connectivity index (χ4v) is 2.14. The molecule has 0 amide bonds. The van der Waals surface area contributed by atoms with Crippen LogP contribution in [0.4, 0.5) is 11.4 Å². The lowest BCUT2D eigenvalue weighted by Crippen LogP contribution is -2.13. The van der Waals surface area contributed by atoms with Gasteiger partial charge in [-0.25, -0.2) is 4.79 Å². The van der Waals surface area contributed by atoms with Crippen molar-refractivity contribution in [2.45, 2.75) is 12.8 Å². The number of carbonyl (C=O) groups is 1. The summed E-state index contributed by atoms with van der Waals surface area (Å²) in [6.07, 6.45) is 0. The van der Waals surface area contributed by atoms with Gasteiger partial charge in [-0.1, -0.05) is 37.3 Å². The summed E-state index contributed by atoms with van der Waals surface area (Å²) < 4.78 is 0. The van der Waals surface area contributed by atoms with Gasteiger partial charge in [0.15, 0.2) is 0 Å². The van der Waals surface area contributed by atoms with Crippen molar-refractivity contribution in [3.05, 3.63) is 69.8 Å². The SMILES string of the molecule is CC(CNc1ccc([N+](=O)[O-])cc1C(=O)O)c1ccccc1. The van der Waals surface area contributed by atoms with E-state index in [1.54, 1.807) is 0 Å². The van der Waals surface area contributed by atoms with Crippen molar-refractivity contribution in [2.24, 2.45) is 0 Å². The molecule has 0 aliphatic carbocycles. The van der Waals surface area contributed by atoms with Crippen LogP contribution < -0.4 is 5.32 Å². The van der Waals surface area contributed by atoms with E-state index >= 15 is 0 Å². The molecule has 0 heterocycles. The maximum Gasteiger partial charge on any atom is 0.338 e. The predicted molar refractivity (Wildman–Crippen MR) is 83.4 cm³/mol. The Morgan fingerprint density at radius 1 is 1.27 bits per heavy atom. The second-order valence-corrected chi connectivity index (χ2v) is 4.98. The average Bonchev–Trinajstić information content (AvgIpc) is 2.53. The number of nitrogens with zero attached hydrogens (tertiary/aromatic N) is 1. The molecule has 22 heavy (non-hydrogen) atoms. The van der Waals surface area contributed by atoms with Gasteiger partial charge in [0.05, 0.1) is 10.5 Å². The Labute approximate surface area is 127 Å². The molecule has 2 aromatic rings. The van der Waals surface area contributed by atoms with E-state index in [1.807, 2.05) is 37.3 Å². The van der Waals surface area contributed by atoms with Crippen molar-refractivity contribution in [2.75, 3.05) is 11.9 Å². The minimum absolute atomic E-state index is 0.102. The molecule has 6 nitrogen and oxygen atoms in total. The van der Waals surface area contributed by atoms with Crippen LogP contribution in [0.2, 0.25) is 0 Å². The van der Waals surface area contributed by atoms with E-state index in [2.05, 4.69) is 5.32 Å². The Morgan fingerprint density at radius 2 is 1.95 bits per heavy atom. The van der Waals surface area contributed by atoms with Gasteiger partial charge in [0.1, 0.15) is 0 Å². The van der Waals surface area contributed by atoms with Crippen LogP contribution in [0.5, 0.6) is 0 Å². The van der Waals surface area contributed by atoms with Crippen LogP contribution in [0.15, 0.2) is 48.5 Å². The van der Waals surface area contributed by atoms with Gasteiger partial charge in [-0.3, -0.25) is 10.1 Å². The molecule has 0 bridgehead atoms. The van der Waals surface area contributed by atoms with Gasteiger partial charge in [0.25, 0.3) is 5.69 Å². The molecule has 0 spiro atoms. The number of hydrogen-bond donors (Lipinski definition) is 2. The zero-order chi connectivity index (χ0) is 16.1. The Bertz CT molecular complexity index is 686. The van der Waals surface area contributed by atoms with Crippen LogP contribution in [0.1, 0.15) is 28.8 Å². The van der Waals surface area contributed by atoms with Gasteiger partial charge in [-0.05, 0) is 17.5 Å². The molecule has 2 N–H and O–H groups in total. The average molecular weight is 300 g/mol. The second kappa shape index (κ2) is 6.71. The standard InChI is InChI=1S/C16H16N2O4/c1-11(12-5-3-2-4-6-12)10-17-15-8-7-13(18(21)22)9-14(15)16(19)20/h2-9,11,17H,10H2,1H3,(H,19,20). The van der Waals surface area contributed by atoms with Gasteiger partial charge >= 0.3 is 5.97 Å². The first-order chi connectivity index (χ1) is 10.5. The maximum absolute atomic E-state index is 11.2. The number of non-ortho nitro benzene ring substituents is 1. The lowest BCUT2D eigenvalue weighted by atomic mass is 10.0. The van der Waals surface area contributed by atoms with Crippen molar-refractivity contribution >= 4 is 17.3 Å². The van der Waals surface area contributed by atoms with Gasteiger partial charge in [-0.2, -0.15) is 0 Å². The number of carboxylic acids is 1. The third-order valence-electron chi connectivity index (χ3n) is 3.41. The predicted octanol–water partition coefficient (Wildman–Crippen LogP) is 3.51. The molecule has 6 heteroatoms. The van der Waals surface area contributed by atoms with E-state index in [-0.39, 0.29) is 17.2 Å². The maximum atomic E-state index is 11.2. The summed E-state index contributed by atoms with van der Waals surface area (Å²) in [5, 5.41) is 23.0. The number of nitro groups is 1. The topological polar surface area (TPSA) is 92.5 Å². The van der Waals surface area contributed by atoms with Crippen LogP contribution in [-0.4, -0.2) is 22.5 Å². The number of anilines is 1. The number of rotatable bonds is 6. The van der Waals surface area contributed by atoms with Crippen LogP contribution in [0, 0.1) is 10.1 Å². The molecule has 0 saturated carbocycles. The third-order valence-corrected chi connectivity index (χ3v) is 3.41. The zero-order valence-corrected chi connectivity index (χ0v) is 12.0. The highest BCUT2D eigenvalue weighted by Crippen LogP contribution is 2.23. The fraction of sp³-hybridized carbons (Fsp3) is 0.188. The molecule has 1 unspecified atom stereocenters. The lowest BCUT2D eigenvalue weighted by molar-refractivity contribution is -0.384. The zero-order valence-electron chi connectivity index (χ0n) is 12.0. The molecule has 114 valence electrons. The Hall–Kier alpha value is -2.89. The first-order valence-corrected chi connectivity index (χ1v) is 6.79. The monoisotopic (exact) mass is 300 g/mol. The Balaban J connectivity index is 2.15. The van der Waals surface area contributed by atoms with Crippen molar-refractivity contribution < 1.29 is 14.8 Å². The lowest BCUT2D eigenvalue weighted by Gasteiger charge is -2.15. The highest BCUT2D eigenvalue weighted by molar-refractivity contribution is 5.95. The Kier molecular flexibility index (Phi) is 4.73. The number of carboxylic acid groups (broad SMARTS) is 1. The van der Waals surface area contributed by atoms with E-state index < -0.39 is 10.9 Å². The van der Waals surface area contributed by atoms with Gasteiger partial charge < -0.3 is 10.4 Å². The minimum Gasteiger partial charge on any atom is -0.478 e. The summed E-state index contributed by atoms with van der Waals surface area (Å²) in [4.78, 5) is 21.4. The number of hydrogen-bond acceptors (Lipinski definition) is 4. The summed E-state index contributed by atoms with van der Waals surface area (Å²) in [6, 6.07) is 13.6. The Morgan fingerprint density at radius 3 is 2.55 bits per heavy atom. The van der Waals surface area contributed by atoms with Crippen LogP contribution in [-0.2, 0) is 0 Å². The molecule has 0 saturated heterocycles. The number of nitro benzene ring substituents is 1. The summed E-state index contributed by atoms with van der Waals surface area (Å²) in [5.41, 5.74) is 1.17. The third kappa shape index (κ3) is 3.60. The van der Waals surface area contributed by atoms with E-state index in [4.69, 9.17) is 0 Å². The minimum atomic E-state index is -1.20. The van der Waals surface area contributed by atoms with E-state index in [1.165, 1.54) is 12.1 Å². The molecule has 2 rings (SSSR count). The van der Waals surface area contributed by atoms with Gasteiger partial charge in [0.2, 0.25) is 0 Å². The molecule has 0 aliphatic heterocycles. The summed E-state index contributed by atoms with van der Waals surface area (Å²) >= 11 is 0. The van der Waals surface area contributed by atoms with Crippen molar-refractivity contribution in [1.82, 2.24) is 0 Å². The van der Waals surface area contributed by atoms with Gasteiger partial charge in [0, 0.05) is 24.4 Å². The quantitative estimate of drug-likeness (QED) is 0.629. The first kappa shape index (κ1) is 15.5. The summed E-state index contributed by atoms with van der Waals surface area (Å²) in [5.74, 6) is -1.02. The molecular formula is C16H16N2O4. The molecule has 0 fully saturated rings. The highest BCUT2D eigenvalue weighted by atomic mass is 16.6. The molecule has 0 aromatic heterocycles. The van der Waals surface area contributed by atoms with Crippen LogP contribution in [0.3, 0.4) is 0 Å². The molecule has 0 radical (unpaired) electrons. The van der Waals surface area contributed by atoms with E-state index in [0.29, 0.717) is 12.2 Å². The molecular weight excluding hydrogens is 284 g/mol. The van der Waals surface area contributed by atoms with Crippen LogP contribution in [0.25, 0.3) is 0 Å².